The highest BCUT2D eigenvalue weighted by molar-refractivity contribution is 6.42. The van der Waals surface area contributed by atoms with E-state index < -0.39 is 18.0 Å². The van der Waals surface area contributed by atoms with Crippen molar-refractivity contribution in [1.82, 2.24) is 4.90 Å². The molecule has 0 aromatic heterocycles. The van der Waals surface area contributed by atoms with Crippen LogP contribution in [0, 0.1) is 5.92 Å². The molecule has 0 fully saturated rings. The molecular formula is C15H19Cl2NO4. The molecule has 0 radical (unpaired) electrons. The maximum absolute atomic E-state index is 12.6. The van der Waals surface area contributed by atoms with Crippen molar-refractivity contribution in [2.24, 2.45) is 5.92 Å². The molecule has 0 aliphatic carbocycles. The van der Waals surface area contributed by atoms with E-state index in [-0.39, 0.29) is 24.0 Å². The number of aliphatic hydroxyl groups is 1. The van der Waals surface area contributed by atoms with Crippen LogP contribution in [0.5, 0.6) is 0 Å². The van der Waals surface area contributed by atoms with Crippen molar-refractivity contribution in [3.63, 3.8) is 0 Å². The van der Waals surface area contributed by atoms with Gasteiger partial charge in [0.1, 0.15) is 0 Å². The zero-order valence-corrected chi connectivity index (χ0v) is 14.2. The van der Waals surface area contributed by atoms with E-state index in [0.29, 0.717) is 10.6 Å². The normalized spacial score (nSPS) is 13.4. The van der Waals surface area contributed by atoms with Crippen molar-refractivity contribution in [3.05, 3.63) is 33.8 Å². The van der Waals surface area contributed by atoms with Crippen LogP contribution in [0.4, 0.5) is 0 Å². The molecule has 0 bridgehead atoms. The number of hydrogen-bond acceptors (Lipinski definition) is 4. The molecule has 2 atom stereocenters. The van der Waals surface area contributed by atoms with Gasteiger partial charge in [-0.05, 0) is 25.1 Å². The fourth-order valence-corrected chi connectivity index (χ4v) is 2.28. The first-order valence-electron chi connectivity index (χ1n) is 6.76. The Kier molecular flexibility index (Phi) is 7.13. The molecule has 1 N–H and O–H groups in total. The number of halogens is 2. The highest BCUT2D eigenvalue weighted by Gasteiger charge is 2.24. The molecule has 0 aliphatic rings. The van der Waals surface area contributed by atoms with Crippen LogP contribution in [0.1, 0.15) is 24.2 Å². The molecule has 0 heterocycles. The van der Waals surface area contributed by atoms with E-state index in [0.717, 1.165) is 0 Å². The minimum Gasteiger partial charge on any atom is -0.469 e. The first-order valence-corrected chi connectivity index (χ1v) is 7.52. The number of ether oxygens (including phenoxy) is 1. The summed E-state index contributed by atoms with van der Waals surface area (Å²) >= 11 is 11.8. The second kappa shape index (κ2) is 8.36. The topological polar surface area (TPSA) is 66.8 Å². The molecule has 22 heavy (non-hydrogen) atoms. The Labute approximate surface area is 139 Å². The smallest absolute Gasteiger partial charge is 0.310 e. The van der Waals surface area contributed by atoms with E-state index in [4.69, 9.17) is 23.2 Å². The molecular weight excluding hydrogens is 329 g/mol. The summed E-state index contributed by atoms with van der Waals surface area (Å²) in [6.07, 6.45) is -0.725. The third kappa shape index (κ3) is 5.16. The van der Waals surface area contributed by atoms with Crippen LogP contribution in [0.2, 0.25) is 10.0 Å². The largest absolute Gasteiger partial charge is 0.469 e. The summed E-state index contributed by atoms with van der Waals surface area (Å²) in [5.74, 6) is -1.26. The highest BCUT2D eigenvalue weighted by Crippen LogP contribution is 2.23. The lowest BCUT2D eigenvalue weighted by atomic mass is 10.1. The number of amides is 1. The average molecular weight is 348 g/mol. The van der Waals surface area contributed by atoms with Crippen LogP contribution >= 0.6 is 23.2 Å². The van der Waals surface area contributed by atoms with Crippen molar-refractivity contribution < 1.29 is 19.4 Å². The van der Waals surface area contributed by atoms with E-state index in [1.54, 1.807) is 19.9 Å². The quantitative estimate of drug-likeness (QED) is 0.803. The predicted molar refractivity (Wildman–Crippen MR) is 85.2 cm³/mol. The minimum atomic E-state index is -0.725. The molecule has 2 unspecified atom stereocenters. The Morgan fingerprint density at radius 3 is 2.36 bits per heavy atom. The number of rotatable bonds is 6. The summed E-state index contributed by atoms with van der Waals surface area (Å²) < 4.78 is 4.66. The van der Waals surface area contributed by atoms with Crippen molar-refractivity contribution in [2.75, 3.05) is 20.2 Å². The van der Waals surface area contributed by atoms with E-state index in [9.17, 15) is 14.7 Å². The highest BCUT2D eigenvalue weighted by atomic mass is 35.5. The summed E-state index contributed by atoms with van der Waals surface area (Å²) in [5, 5.41) is 10.2. The molecule has 1 rings (SSSR count). The predicted octanol–water partition coefficient (Wildman–Crippen LogP) is 2.63. The second-order valence-corrected chi connectivity index (χ2v) is 5.93. The first kappa shape index (κ1) is 18.7. The molecule has 7 heteroatoms. The van der Waals surface area contributed by atoms with Crippen LogP contribution < -0.4 is 0 Å². The Hall–Kier alpha value is -1.30. The lowest BCUT2D eigenvalue weighted by Gasteiger charge is -2.26. The van der Waals surface area contributed by atoms with Crippen molar-refractivity contribution >= 4 is 35.1 Å². The van der Waals surface area contributed by atoms with Crippen LogP contribution in [-0.4, -0.2) is 48.2 Å². The summed E-state index contributed by atoms with van der Waals surface area (Å²) in [5.41, 5.74) is 0.340. The monoisotopic (exact) mass is 347 g/mol. The maximum atomic E-state index is 12.6. The maximum Gasteiger partial charge on any atom is 0.310 e. The molecule has 0 aliphatic heterocycles. The molecule has 5 nitrogen and oxygen atoms in total. The van der Waals surface area contributed by atoms with Gasteiger partial charge in [-0.3, -0.25) is 9.59 Å². The zero-order valence-electron chi connectivity index (χ0n) is 12.7. The van der Waals surface area contributed by atoms with Crippen LogP contribution in [0.15, 0.2) is 18.2 Å². The lowest BCUT2D eigenvalue weighted by molar-refractivity contribution is -0.145. The fourth-order valence-electron chi connectivity index (χ4n) is 1.98. The summed E-state index contributed by atoms with van der Waals surface area (Å²) in [6.45, 7) is 3.46. The minimum absolute atomic E-state index is 0.0976. The van der Waals surface area contributed by atoms with Gasteiger partial charge in [-0.25, -0.2) is 0 Å². The third-order valence-corrected chi connectivity index (χ3v) is 3.78. The number of aliphatic hydroxyl groups excluding tert-OH is 1. The van der Waals surface area contributed by atoms with Gasteiger partial charge in [0.05, 0.1) is 29.2 Å². The Balaban J connectivity index is 2.97. The molecule has 0 spiro atoms. The second-order valence-electron chi connectivity index (χ2n) is 5.11. The van der Waals surface area contributed by atoms with E-state index in [1.165, 1.54) is 24.1 Å². The van der Waals surface area contributed by atoms with E-state index >= 15 is 0 Å². The number of carbonyl (C=O) groups is 2. The first-order chi connectivity index (χ1) is 10.3. The average Bonchev–Trinajstić information content (AvgIpc) is 2.47. The third-order valence-electron chi connectivity index (χ3n) is 3.04. The Bertz CT molecular complexity index is 548. The van der Waals surface area contributed by atoms with Gasteiger partial charge in [0.2, 0.25) is 0 Å². The summed E-state index contributed by atoms with van der Waals surface area (Å²) in [6, 6.07) is 4.54. The summed E-state index contributed by atoms with van der Waals surface area (Å²) in [7, 11) is 1.29. The van der Waals surface area contributed by atoms with Crippen LogP contribution in [0.3, 0.4) is 0 Å². The number of esters is 1. The molecule has 1 aromatic carbocycles. The molecule has 122 valence electrons. The van der Waals surface area contributed by atoms with Gasteiger partial charge in [-0.1, -0.05) is 30.1 Å². The van der Waals surface area contributed by atoms with Gasteiger partial charge in [0, 0.05) is 18.7 Å². The number of carbonyl (C=O) groups excluding carboxylic acids is 2. The van der Waals surface area contributed by atoms with Gasteiger partial charge in [-0.15, -0.1) is 0 Å². The molecule has 1 aromatic rings. The number of nitrogens with zero attached hydrogens (tertiary/aromatic N) is 1. The standard InChI is InChI=1S/C15H19Cl2NO4/c1-9(15(21)22-3)7-18(8-10(2)19)14(20)11-4-5-12(16)13(17)6-11/h4-6,9-10,19H,7-8H2,1-3H3. The number of benzene rings is 1. The SMILES string of the molecule is COC(=O)C(C)CN(CC(C)O)C(=O)c1ccc(Cl)c(Cl)c1. The van der Waals surface area contributed by atoms with Crippen LogP contribution in [0.25, 0.3) is 0 Å². The molecule has 0 saturated heterocycles. The Morgan fingerprint density at radius 1 is 1.23 bits per heavy atom. The van der Waals surface area contributed by atoms with Gasteiger partial charge >= 0.3 is 5.97 Å². The van der Waals surface area contributed by atoms with Crippen molar-refractivity contribution in [3.8, 4) is 0 Å². The zero-order chi connectivity index (χ0) is 16.9. The van der Waals surface area contributed by atoms with Gasteiger partial charge < -0.3 is 14.7 Å². The van der Waals surface area contributed by atoms with Crippen molar-refractivity contribution in [2.45, 2.75) is 20.0 Å². The van der Waals surface area contributed by atoms with Gasteiger partial charge in [0.15, 0.2) is 0 Å². The lowest BCUT2D eigenvalue weighted by Crippen LogP contribution is -2.41. The molecule has 0 saturated carbocycles. The van der Waals surface area contributed by atoms with E-state index in [2.05, 4.69) is 4.74 Å². The Morgan fingerprint density at radius 2 is 1.86 bits per heavy atom. The molecule has 1 amide bonds. The number of hydrogen-bond donors (Lipinski definition) is 1. The van der Waals surface area contributed by atoms with Gasteiger partial charge in [0.25, 0.3) is 5.91 Å². The van der Waals surface area contributed by atoms with Crippen LogP contribution in [-0.2, 0) is 9.53 Å². The van der Waals surface area contributed by atoms with Gasteiger partial charge in [-0.2, -0.15) is 0 Å². The summed E-state index contributed by atoms with van der Waals surface area (Å²) in [4.78, 5) is 25.5. The van der Waals surface area contributed by atoms with E-state index in [1.807, 2.05) is 0 Å². The fraction of sp³-hybridized carbons (Fsp3) is 0.467. The number of methoxy groups -OCH3 is 1. The van der Waals surface area contributed by atoms with Crippen molar-refractivity contribution in [1.29, 1.82) is 0 Å².